The monoisotopic (exact) mass is 350 g/mol. The van der Waals surface area contributed by atoms with E-state index < -0.39 is 5.91 Å². The van der Waals surface area contributed by atoms with Gasteiger partial charge in [0.25, 0.3) is 5.91 Å². The van der Waals surface area contributed by atoms with Crippen LogP contribution in [0, 0.1) is 6.92 Å². The SMILES string of the molecule is Cc1cc(Br)c(O)c(NC(=O)c2cc(C3CCC3)no2)c1. The van der Waals surface area contributed by atoms with Crippen molar-refractivity contribution in [2.24, 2.45) is 0 Å². The number of aromatic hydroxyl groups is 1. The van der Waals surface area contributed by atoms with Crippen molar-refractivity contribution in [2.45, 2.75) is 32.1 Å². The van der Waals surface area contributed by atoms with Crippen molar-refractivity contribution < 1.29 is 14.4 Å². The molecule has 1 aliphatic carbocycles. The predicted octanol–water partition coefficient (Wildman–Crippen LogP) is 3.97. The van der Waals surface area contributed by atoms with Crippen LogP contribution in [0.5, 0.6) is 5.75 Å². The number of hydrogen-bond acceptors (Lipinski definition) is 4. The zero-order valence-corrected chi connectivity index (χ0v) is 13.1. The van der Waals surface area contributed by atoms with Gasteiger partial charge in [-0.1, -0.05) is 11.6 Å². The Morgan fingerprint density at radius 3 is 2.86 bits per heavy atom. The van der Waals surface area contributed by atoms with E-state index in [2.05, 4.69) is 26.4 Å². The average molecular weight is 351 g/mol. The molecular weight excluding hydrogens is 336 g/mol. The van der Waals surface area contributed by atoms with E-state index >= 15 is 0 Å². The number of aryl methyl sites for hydroxylation is 1. The minimum Gasteiger partial charge on any atom is -0.505 e. The molecule has 6 heteroatoms. The number of benzene rings is 1. The van der Waals surface area contributed by atoms with Crippen molar-refractivity contribution in [2.75, 3.05) is 5.32 Å². The van der Waals surface area contributed by atoms with Crippen LogP contribution in [0.15, 0.2) is 27.2 Å². The van der Waals surface area contributed by atoms with E-state index in [1.807, 2.05) is 6.92 Å². The van der Waals surface area contributed by atoms with Crippen molar-refractivity contribution in [1.29, 1.82) is 0 Å². The lowest BCUT2D eigenvalue weighted by molar-refractivity contribution is 0.0987. The quantitative estimate of drug-likeness (QED) is 0.821. The van der Waals surface area contributed by atoms with Gasteiger partial charge >= 0.3 is 0 Å². The highest BCUT2D eigenvalue weighted by Gasteiger charge is 2.25. The second kappa shape index (κ2) is 5.52. The Kier molecular flexibility index (Phi) is 3.71. The second-order valence-electron chi connectivity index (χ2n) is 5.34. The van der Waals surface area contributed by atoms with E-state index in [1.54, 1.807) is 18.2 Å². The zero-order chi connectivity index (χ0) is 15.0. The maximum Gasteiger partial charge on any atom is 0.294 e. The molecule has 1 fully saturated rings. The molecule has 0 saturated heterocycles. The van der Waals surface area contributed by atoms with Gasteiger partial charge in [0, 0.05) is 12.0 Å². The van der Waals surface area contributed by atoms with Crippen molar-refractivity contribution >= 4 is 27.5 Å². The molecule has 1 aliphatic rings. The summed E-state index contributed by atoms with van der Waals surface area (Å²) in [5.74, 6) is 0.152. The topological polar surface area (TPSA) is 75.4 Å². The van der Waals surface area contributed by atoms with E-state index in [0.29, 0.717) is 16.1 Å². The standard InChI is InChI=1S/C15H15BrN2O3/c1-8-5-10(16)14(19)12(6-8)17-15(20)13-7-11(18-21-13)9-3-2-4-9/h5-7,9,19H,2-4H2,1H3,(H,17,20). The predicted molar refractivity (Wildman–Crippen MR) is 81.6 cm³/mol. The van der Waals surface area contributed by atoms with Gasteiger partial charge in [0.1, 0.15) is 0 Å². The number of phenols is 1. The molecular formula is C15H15BrN2O3. The third kappa shape index (κ3) is 2.81. The number of amides is 1. The smallest absolute Gasteiger partial charge is 0.294 e. The van der Waals surface area contributed by atoms with Gasteiger partial charge < -0.3 is 14.9 Å². The Morgan fingerprint density at radius 2 is 2.19 bits per heavy atom. The van der Waals surface area contributed by atoms with Gasteiger partial charge in [-0.15, -0.1) is 0 Å². The highest BCUT2D eigenvalue weighted by atomic mass is 79.9. The summed E-state index contributed by atoms with van der Waals surface area (Å²) in [4.78, 5) is 12.2. The molecule has 1 saturated carbocycles. The first-order valence-electron chi connectivity index (χ1n) is 6.81. The Balaban J connectivity index is 1.78. The fourth-order valence-corrected chi connectivity index (χ4v) is 2.88. The van der Waals surface area contributed by atoms with Gasteiger partial charge in [0.15, 0.2) is 5.75 Å². The molecule has 5 nitrogen and oxygen atoms in total. The second-order valence-corrected chi connectivity index (χ2v) is 6.20. The van der Waals surface area contributed by atoms with Gasteiger partial charge in [0.05, 0.1) is 15.9 Å². The van der Waals surface area contributed by atoms with Crippen LogP contribution in [-0.2, 0) is 0 Å². The molecule has 0 bridgehead atoms. The van der Waals surface area contributed by atoms with Crippen LogP contribution in [0.1, 0.15) is 47.0 Å². The van der Waals surface area contributed by atoms with Crippen LogP contribution in [-0.4, -0.2) is 16.2 Å². The van der Waals surface area contributed by atoms with Gasteiger partial charge in [-0.2, -0.15) is 0 Å². The molecule has 1 amide bonds. The van der Waals surface area contributed by atoms with Crippen molar-refractivity contribution in [3.05, 3.63) is 39.7 Å². The number of aromatic nitrogens is 1. The molecule has 2 aromatic rings. The van der Waals surface area contributed by atoms with E-state index in [9.17, 15) is 9.90 Å². The van der Waals surface area contributed by atoms with Gasteiger partial charge in [-0.3, -0.25) is 4.79 Å². The maximum absolute atomic E-state index is 12.2. The third-order valence-corrected chi connectivity index (χ3v) is 4.34. The molecule has 0 atom stereocenters. The molecule has 0 spiro atoms. The number of nitrogens with zero attached hydrogens (tertiary/aromatic N) is 1. The summed E-state index contributed by atoms with van der Waals surface area (Å²) in [7, 11) is 0. The molecule has 110 valence electrons. The minimum absolute atomic E-state index is 0.00678. The van der Waals surface area contributed by atoms with Gasteiger partial charge in [-0.05, 0) is 53.4 Å². The zero-order valence-electron chi connectivity index (χ0n) is 11.5. The third-order valence-electron chi connectivity index (χ3n) is 3.73. The summed E-state index contributed by atoms with van der Waals surface area (Å²) in [5.41, 5.74) is 2.09. The fraction of sp³-hybridized carbons (Fsp3) is 0.333. The number of rotatable bonds is 3. The van der Waals surface area contributed by atoms with Crippen molar-refractivity contribution in [3.8, 4) is 5.75 Å². The normalized spacial score (nSPS) is 14.8. The summed E-state index contributed by atoms with van der Waals surface area (Å²) in [5, 5.41) is 16.5. The van der Waals surface area contributed by atoms with E-state index in [-0.39, 0.29) is 11.5 Å². The molecule has 0 aliphatic heterocycles. The first kappa shape index (κ1) is 14.1. The lowest BCUT2D eigenvalue weighted by Crippen LogP contribution is -2.12. The number of hydrogen-bond donors (Lipinski definition) is 2. The number of carbonyl (C=O) groups excluding carboxylic acids is 1. The van der Waals surface area contributed by atoms with Gasteiger partial charge in [-0.25, -0.2) is 0 Å². The number of halogens is 1. The minimum atomic E-state index is -0.416. The Morgan fingerprint density at radius 1 is 1.43 bits per heavy atom. The first-order chi connectivity index (χ1) is 10.0. The summed E-state index contributed by atoms with van der Waals surface area (Å²) >= 11 is 3.25. The van der Waals surface area contributed by atoms with Crippen LogP contribution >= 0.6 is 15.9 Å². The molecule has 1 aromatic heterocycles. The summed E-state index contributed by atoms with van der Waals surface area (Å²) in [6.45, 7) is 1.88. The van der Waals surface area contributed by atoms with Crippen LogP contribution in [0.25, 0.3) is 0 Å². The van der Waals surface area contributed by atoms with Crippen LogP contribution in [0.4, 0.5) is 5.69 Å². The summed E-state index contributed by atoms with van der Waals surface area (Å²) in [6.07, 6.45) is 3.39. The van der Waals surface area contributed by atoms with E-state index in [0.717, 1.165) is 24.1 Å². The molecule has 1 heterocycles. The number of anilines is 1. The lowest BCUT2D eigenvalue weighted by atomic mass is 9.83. The Bertz CT molecular complexity index is 692. The Hall–Kier alpha value is -1.82. The molecule has 21 heavy (non-hydrogen) atoms. The Labute approximate surface area is 130 Å². The number of phenolic OH excluding ortho intramolecular Hbond substituents is 1. The van der Waals surface area contributed by atoms with Crippen LogP contribution < -0.4 is 5.32 Å². The lowest BCUT2D eigenvalue weighted by Gasteiger charge is -2.22. The van der Waals surface area contributed by atoms with Gasteiger partial charge in [0.2, 0.25) is 5.76 Å². The highest BCUT2D eigenvalue weighted by Crippen LogP contribution is 2.36. The number of nitrogens with one attached hydrogen (secondary N) is 1. The average Bonchev–Trinajstić information content (AvgIpc) is 2.82. The maximum atomic E-state index is 12.2. The first-order valence-corrected chi connectivity index (χ1v) is 7.61. The molecule has 2 N–H and O–H groups in total. The molecule has 3 rings (SSSR count). The van der Waals surface area contributed by atoms with Crippen molar-refractivity contribution in [1.82, 2.24) is 5.16 Å². The highest BCUT2D eigenvalue weighted by molar-refractivity contribution is 9.10. The molecule has 1 aromatic carbocycles. The summed E-state index contributed by atoms with van der Waals surface area (Å²) < 4.78 is 5.63. The number of carbonyl (C=O) groups is 1. The van der Waals surface area contributed by atoms with Crippen molar-refractivity contribution in [3.63, 3.8) is 0 Å². The largest absolute Gasteiger partial charge is 0.505 e. The fourth-order valence-electron chi connectivity index (χ4n) is 2.31. The van der Waals surface area contributed by atoms with Crippen LogP contribution in [0.3, 0.4) is 0 Å². The van der Waals surface area contributed by atoms with E-state index in [1.165, 1.54) is 6.42 Å². The molecule has 0 unspecified atom stereocenters. The molecule has 0 radical (unpaired) electrons. The van der Waals surface area contributed by atoms with Crippen LogP contribution in [0.2, 0.25) is 0 Å². The van der Waals surface area contributed by atoms with E-state index in [4.69, 9.17) is 4.52 Å². The summed E-state index contributed by atoms with van der Waals surface area (Å²) in [6, 6.07) is 5.15.